The quantitative estimate of drug-likeness (QED) is 0.791. The van der Waals surface area contributed by atoms with Crippen molar-refractivity contribution in [2.45, 2.75) is 59.5 Å². The van der Waals surface area contributed by atoms with Gasteiger partial charge in [-0.3, -0.25) is 0 Å². The Hall–Kier alpha value is -1.18. The summed E-state index contributed by atoms with van der Waals surface area (Å²) in [6.45, 7) is 15.2. The average molecular weight is 234 g/mol. The topological polar surface area (TPSA) is 24.1 Å². The fourth-order valence-electron chi connectivity index (χ4n) is 1.72. The molecule has 1 aromatic carbocycles. The lowest BCUT2D eigenvalue weighted by Crippen LogP contribution is -2.27. The van der Waals surface area contributed by atoms with Gasteiger partial charge in [0.2, 0.25) is 0 Å². The van der Waals surface area contributed by atoms with Gasteiger partial charge in [0.15, 0.2) is 0 Å². The predicted octanol–water partition coefficient (Wildman–Crippen LogP) is 4.42. The van der Waals surface area contributed by atoms with Gasteiger partial charge in [-0.1, -0.05) is 0 Å². The molecule has 0 amide bonds. The van der Waals surface area contributed by atoms with Crippen LogP contribution in [0.25, 0.3) is 0 Å². The summed E-state index contributed by atoms with van der Waals surface area (Å²) in [5.41, 5.74) is 3.86. The number of nitrogens with one attached hydrogen (secondary N) is 2. The lowest BCUT2D eigenvalue weighted by Gasteiger charge is -2.26. The van der Waals surface area contributed by atoms with Gasteiger partial charge >= 0.3 is 0 Å². The van der Waals surface area contributed by atoms with Crippen molar-refractivity contribution in [1.29, 1.82) is 0 Å². The summed E-state index contributed by atoms with van der Waals surface area (Å²) in [5, 5.41) is 7.00. The van der Waals surface area contributed by atoms with Gasteiger partial charge in [-0.25, -0.2) is 0 Å². The molecule has 17 heavy (non-hydrogen) atoms. The highest BCUT2D eigenvalue weighted by Crippen LogP contribution is 2.24. The van der Waals surface area contributed by atoms with E-state index in [4.69, 9.17) is 0 Å². The van der Waals surface area contributed by atoms with Crippen LogP contribution in [-0.2, 0) is 0 Å². The first kappa shape index (κ1) is 13.9. The molecule has 2 N–H and O–H groups in total. The van der Waals surface area contributed by atoms with E-state index in [1.165, 1.54) is 16.9 Å². The first-order chi connectivity index (χ1) is 7.57. The molecule has 0 aromatic heterocycles. The van der Waals surface area contributed by atoms with E-state index in [2.05, 4.69) is 77.3 Å². The molecule has 2 nitrogen and oxygen atoms in total. The van der Waals surface area contributed by atoms with Gasteiger partial charge in [-0.05, 0) is 72.2 Å². The Bertz CT molecular complexity index is 381. The number of hydrogen-bond acceptors (Lipinski definition) is 2. The van der Waals surface area contributed by atoms with Gasteiger partial charge in [-0.2, -0.15) is 0 Å². The second-order valence-electron chi connectivity index (χ2n) is 6.78. The molecule has 96 valence electrons. The summed E-state index contributed by atoms with van der Waals surface area (Å²) < 4.78 is 0. The SMILES string of the molecule is Cc1cc(NC(C)(C)C)ccc1NC(C)(C)C. The zero-order valence-corrected chi connectivity index (χ0v) is 12.2. The molecule has 1 aromatic rings. The number of benzene rings is 1. The lowest BCUT2D eigenvalue weighted by molar-refractivity contribution is 0.631. The van der Waals surface area contributed by atoms with E-state index in [0.717, 1.165) is 0 Å². The second kappa shape index (κ2) is 4.59. The Balaban J connectivity index is 2.87. The van der Waals surface area contributed by atoms with E-state index in [-0.39, 0.29) is 11.1 Å². The van der Waals surface area contributed by atoms with Gasteiger partial charge in [-0.15, -0.1) is 0 Å². The van der Waals surface area contributed by atoms with E-state index in [1.54, 1.807) is 0 Å². The molecule has 0 saturated heterocycles. The fourth-order valence-corrected chi connectivity index (χ4v) is 1.72. The van der Waals surface area contributed by atoms with Gasteiger partial charge in [0.05, 0.1) is 0 Å². The normalized spacial score (nSPS) is 12.4. The van der Waals surface area contributed by atoms with Crippen molar-refractivity contribution in [3.05, 3.63) is 23.8 Å². The van der Waals surface area contributed by atoms with Crippen molar-refractivity contribution in [1.82, 2.24) is 0 Å². The highest BCUT2D eigenvalue weighted by atomic mass is 15.0. The van der Waals surface area contributed by atoms with Crippen molar-refractivity contribution in [3.63, 3.8) is 0 Å². The maximum Gasteiger partial charge on any atom is 0.0375 e. The third-order valence-corrected chi connectivity index (χ3v) is 2.26. The Morgan fingerprint density at radius 2 is 1.35 bits per heavy atom. The van der Waals surface area contributed by atoms with E-state index < -0.39 is 0 Å². The third-order valence-electron chi connectivity index (χ3n) is 2.26. The molecule has 0 aliphatic heterocycles. The summed E-state index contributed by atoms with van der Waals surface area (Å²) in [6.07, 6.45) is 0. The van der Waals surface area contributed by atoms with Crippen molar-refractivity contribution in [2.24, 2.45) is 0 Å². The van der Waals surface area contributed by atoms with E-state index in [9.17, 15) is 0 Å². The van der Waals surface area contributed by atoms with Crippen LogP contribution < -0.4 is 10.6 Å². The molecule has 0 radical (unpaired) electrons. The Kier molecular flexibility index (Phi) is 3.75. The Labute approximate surface area is 106 Å². The number of rotatable bonds is 2. The van der Waals surface area contributed by atoms with E-state index >= 15 is 0 Å². The fraction of sp³-hybridized carbons (Fsp3) is 0.600. The molecule has 0 aliphatic rings. The summed E-state index contributed by atoms with van der Waals surface area (Å²) in [7, 11) is 0. The molecule has 0 unspecified atom stereocenters. The Morgan fingerprint density at radius 3 is 1.76 bits per heavy atom. The zero-order valence-electron chi connectivity index (χ0n) is 12.2. The van der Waals surface area contributed by atoms with Crippen molar-refractivity contribution >= 4 is 11.4 Å². The summed E-state index contributed by atoms with van der Waals surface area (Å²) >= 11 is 0. The molecule has 0 fully saturated rings. The van der Waals surface area contributed by atoms with Crippen molar-refractivity contribution in [2.75, 3.05) is 10.6 Å². The van der Waals surface area contributed by atoms with Gasteiger partial charge in [0, 0.05) is 22.5 Å². The minimum atomic E-state index is 0.101. The monoisotopic (exact) mass is 234 g/mol. The maximum absolute atomic E-state index is 3.51. The van der Waals surface area contributed by atoms with Crippen molar-refractivity contribution in [3.8, 4) is 0 Å². The molecular weight excluding hydrogens is 208 g/mol. The number of aryl methyl sites for hydroxylation is 1. The van der Waals surface area contributed by atoms with Crippen LogP contribution in [0.5, 0.6) is 0 Å². The summed E-state index contributed by atoms with van der Waals surface area (Å²) in [5.74, 6) is 0. The Morgan fingerprint density at radius 1 is 0.824 bits per heavy atom. The highest BCUT2D eigenvalue weighted by molar-refractivity contribution is 5.60. The molecule has 0 aliphatic carbocycles. The first-order valence-corrected chi connectivity index (χ1v) is 6.24. The second-order valence-corrected chi connectivity index (χ2v) is 6.78. The van der Waals surface area contributed by atoms with Crippen LogP contribution in [0.4, 0.5) is 11.4 Å². The predicted molar refractivity (Wildman–Crippen MR) is 77.9 cm³/mol. The molecule has 0 atom stereocenters. The van der Waals surface area contributed by atoms with E-state index in [1.807, 2.05) is 0 Å². The standard InChI is InChI=1S/C15H26N2/c1-11-10-12(16-14(2,3)4)8-9-13(11)17-15(5,6)7/h8-10,16-17H,1-7H3. The molecule has 0 spiro atoms. The van der Waals surface area contributed by atoms with E-state index in [0.29, 0.717) is 0 Å². The molecular formula is C15H26N2. The molecule has 0 saturated carbocycles. The maximum atomic E-state index is 3.51. The first-order valence-electron chi connectivity index (χ1n) is 6.24. The van der Waals surface area contributed by atoms with Crippen LogP contribution in [0.2, 0.25) is 0 Å². The minimum Gasteiger partial charge on any atom is -0.380 e. The minimum absolute atomic E-state index is 0.101. The molecule has 1 rings (SSSR count). The van der Waals surface area contributed by atoms with Crippen LogP contribution in [-0.4, -0.2) is 11.1 Å². The average Bonchev–Trinajstić information content (AvgIpc) is 2.05. The molecule has 2 heteroatoms. The number of anilines is 2. The highest BCUT2D eigenvalue weighted by Gasteiger charge is 2.13. The van der Waals surface area contributed by atoms with Gasteiger partial charge in [0.1, 0.15) is 0 Å². The van der Waals surface area contributed by atoms with Gasteiger partial charge in [0.25, 0.3) is 0 Å². The van der Waals surface area contributed by atoms with Crippen LogP contribution in [0.15, 0.2) is 18.2 Å². The summed E-state index contributed by atoms with van der Waals surface area (Å²) in [6, 6.07) is 6.47. The van der Waals surface area contributed by atoms with Crippen molar-refractivity contribution < 1.29 is 0 Å². The van der Waals surface area contributed by atoms with Crippen LogP contribution in [0, 0.1) is 6.92 Å². The van der Waals surface area contributed by atoms with Crippen LogP contribution in [0.1, 0.15) is 47.1 Å². The van der Waals surface area contributed by atoms with Crippen LogP contribution >= 0.6 is 0 Å². The number of hydrogen-bond donors (Lipinski definition) is 2. The zero-order chi connectivity index (χ0) is 13.3. The lowest BCUT2D eigenvalue weighted by atomic mass is 10.0. The van der Waals surface area contributed by atoms with Crippen LogP contribution in [0.3, 0.4) is 0 Å². The third kappa shape index (κ3) is 5.12. The smallest absolute Gasteiger partial charge is 0.0375 e. The summed E-state index contributed by atoms with van der Waals surface area (Å²) in [4.78, 5) is 0. The van der Waals surface area contributed by atoms with Gasteiger partial charge < -0.3 is 10.6 Å². The molecule has 0 bridgehead atoms. The largest absolute Gasteiger partial charge is 0.380 e. The molecule has 0 heterocycles.